The highest BCUT2D eigenvalue weighted by Crippen LogP contribution is 2.35. The number of pyridine rings is 1. The maximum atomic E-state index is 11.0. The van der Waals surface area contributed by atoms with Crippen LogP contribution in [0.1, 0.15) is 38.3 Å². The van der Waals surface area contributed by atoms with Crippen molar-refractivity contribution in [3.63, 3.8) is 0 Å². The van der Waals surface area contributed by atoms with E-state index in [4.69, 9.17) is 17.4 Å². The van der Waals surface area contributed by atoms with Crippen molar-refractivity contribution in [2.24, 2.45) is 0 Å². The van der Waals surface area contributed by atoms with Crippen LogP contribution in [0.4, 0.5) is 11.5 Å². The minimum absolute atomic E-state index is 0.0283. The smallest absolute Gasteiger partial charge is 0.310 e. The molecule has 0 aliphatic carbocycles. The summed E-state index contributed by atoms with van der Waals surface area (Å²) in [6.07, 6.45) is 1.49. The van der Waals surface area contributed by atoms with Gasteiger partial charge in [0, 0.05) is 12.2 Å². The molecule has 0 fully saturated rings. The number of nitrogen functional groups attached to an aromatic ring is 1. The Balaban J connectivity index is 2.47. The van der Waals surface area contributed by atoms with Gasteiger partial charge in [0.05, 0.1) is 18.2 Å². The van der Waals surface area contributed by atoms with E-state index in [0.29, 0.717) is 22.8 Å². The van der Waals surface area contributed by atoms with E-state index in [1.165, 1.54) is 6.20 Å². The quantitative estimate of drug-likeness (QED) is 0.846. The molecular weight excluding hydrogens is 282 g/mol. The molecule has 1 atom stereocenters. The van der Waals surface area contributed by atoms with Crippen molar-refractivity contribution in [1.82, 2.24) is 14.8 Å². The Hall–Kier alpha value is -2.88. The summed E-state index contributed by atoms with van der Waals surface area (Å²) < 4.78 is 1.58. The number of aromatic nitrogens is 3. The minimum atomic E-state index is -0.912. The van der Waals surface area contributed by atoms with Gasteiger partial charge < -0.3 is 10.8 Å². The van der Waals surface area contributed by atoms with Crippen molar-refractivity contribution in [2.45, 2.75) is 32.7 Å². The number of carboxylic acid groups (broad SMARTS) is 1. The number of carbonyl (C=O) groups is 1. The monoisotopic (exact) mass is 299 g/mol. The highest BCUT2D eigenvalue weighted by Gasteiger charge is 2.20. The van der Waals surface area contributed by atoms with E-state index in [-0.39, 0.29) is 11.7 Å². The van der Waals surface area contributed by atoms with Crippen LogP contribution in [0.15, 0.2) is 18.3 Å². The second-order valence-corrected chi connectivity index (χ2v) is 5.27. The molecule has 0 radical (unpaired) electrons. The average Bonchev–Trinajstić information content (AvgIpc) is 2.83. The summed E-state index contributed by atoms with van der Waals surface area (Å²) in [4.78, 5) is 18.7. The van der Waals surface area contributed by atoms with Gasteiger partial charge in [0.2, 0.25) is 0 Å². The second-order valence-electron chi connectivity index (χ2n) is 5.27. The topological polar surface area (TPSA) is 98.4 Å². The van der Waals surface area contributed by atoms with Gasteiger partial charge in [-0.3, -0.25) is 14.5 Å². The maximum absolute atomic E-state index is 11.0. The molecule has 2 rings (SSSR count). The van der Waals surface area contributed by atoms with Gasteiger partial charge in [-0.25, -0.2) is 4.85 Å². The molecule has 1 unspecified atom stereocenters. The first kappa shape index (κ1) is 15.5. The fourth-order valence-corrected chi connectivity index (χ4v) is 2.06. The first-order chi connectivity index (χ1) is 10.4. The largest absolute Gasteiger partial charge is 0.481 e. The first-order valence-corrected chi connectivity index (χ1v) is 6.81. The summed E-state index contributed by atoms with van der Waals surface area (Å²) in [6.45, 7) is 12.7. The van der Waals surface area contributed by atoms with E-state index >= 15 is 0 Å². The Morgan fingerprint density at radius 1 is 1.41 bits per heavy atom. The van der Waals surface area contributed by atoms with Crippen LogP contribution < -0.4 is 5.73 Å². The number of hydrogen-bond acceptors (Lipinski definition) is 4. The molecule has 2 aromatic heterocycles. The third kappa shape index (κ3) is 2.63. The third-order valence-electron chi connectivity index (χ3n) is 3.42. The van der Waals surface area contributed by atoms with Crippen LogP contribution in [0, 0.1) is 6.57 Å². The highest BCUT2D eigenvalue weighted by molar-refractivity contribution is 5.82. The lowest BCUT2D eigenvalue weighted by atomic mass is 10.0. The number of anilines is 1. The minimum Gasteiger partial charge on any atom is -0.481 e. The second kappa shape index (κ2) is 5.85. The van der Waals surface area contributed by atoms with Crippen molar-refractivity contribution in [3.05, 3.63) is 35.3 Å². The molecule has 0 bridgehead atoms. The standard InChI is InChI=1S/C15H17N5O2/c1-8(2)20-14(16)13(17-4)12(19-20)11-6-5-10(7-18-11)9(3)15(21)22/h5-9H,16H2,1-3H3,(H,21,22). The van der Waals surface area contributed by atoms with Gasteiger partial charge in [0.25, 0.3) is 5.69 Å². The van der Waals surface area contributed by atoms with E-state index < -0.39 is 11.9 Å². The number of nitrogens with two attached hydrogens (primary N) is 1. The van der Waals surface area contributed by atoms with Gasteiger partial charge in [-0.05, 0) is 32.4 Å². The molecule has 0 amide bonds. The maximum Gasteiger partial charge on any atom is 0.310 e. The molecule has 2 aromatic rings. The Morgan fingerprint density at radius 3 is 2.55 bits per heavy atom. The number of aliphatic carboxylic acids is 1. The predicted molar refractivity (Wildman–Crippen MR) is 82.6 cm³/mol. The molecule has 0 aromatic carbocycles. The van der Waals surface area contributed by atoms with Crippen LogP contribution in [0.3, 0.4) is 0 Å². The van der Waals surface area contributed by atoms with Crippen molar-refractivity contribution in [2.75, 3.05) is 5.73 Å². The van der Waals surface area contributed by atoms with Gasteiger partial charge >= 0.3 is 5.97 Å². The molecule has 7 heteroatoms. The molecule has 22 heavy (non-hydrogen) atoms. The van der Waals surface area contributed by atoms with Crippen LogP contribution in [0.25, 0.3) is 16.2 Å². The molecule has 0 saturated heterocycles. The molecule has 0 aliphatic heterocycles. The Morgan fingerprint density at radius 2 is 2.09 bits per heavy atom. The lowest BCUT2D eigenvalue weighted by molar-refractivity contribution is -0.138. The molecule has 7 nitrogen and oxygen atoms in total. The Bertz CT molecular complexity index is 741. The molecule has 3 N–H and O–H groups in total. The van der Waals surface area contributed by atoms with Crippen molar-refractivity contribution in [3.8, 4) is 11.4 Å². The van der Waals surface area contributed by atoms with E-state index in [9.17, 15) is 4.79 Å². The van der Waals surface area contributed by atoms with Gasteiger partial charge in [-0.15, -0.1) is 0 Å². The van der Waals surface area contributed by atoms with Crippen molar-refractivity contribution >= 4 is 17.5 Å². The molecule has 0 aliphatic rings. The highest BCUT2D eigenvalue weighted by atomic mass is 16.4. The zero-order valence-electron chi connectivity index (χ0n) is 12.6. The number of rotatable bonds is 4. The van der Waals surface area contributed by atoms with Gasteiger partial charge in [-0.2, -0.15) is 5.10 Å². The van der Waals surface area contributed by atoms with E-state index in [2.05, 4.69) is 14.9 Å². The zero-order valence-corrected chi connectivity index (χ0v) is 12.6. The zero-order chi connectivity index (χ0) is 16.4. The van der Waals surface area contributed by atoms with Crippen molar-refractivity contribution in [1.29, 1.82) is 0 Å². The molecule has 0 spiro atoms. The third-order valence-corrected chi connectivity index (χ3v) is 3.42. The van der Waals surface area contributed by atoms with Crippen LogP contribution in [-0.2, 0) is 4.79 Å². The lowest BCUT2D eigenvalue weighted by Crippen LogP contribution is -2.08. The summed E-state index contributed by atoms with van der Waals surface area (Å²) in [6, 6.07) is 3.37. The number of nitrogens with zero attached hydrogens (tertiary/aromatic N) is 4. The number of hydrogen-bond donors (Lipinski definition) is 2. The molecular formula is C15H17N5O2. The van der Waals surface area contributed by atoms with Crippen molar-refractivity contribution < 1.29 is 9.90 Å². The summed E-state index contributed by atoms with van der Waals surface area (Å²) in [5.41, 5.74) is 7.72. The van der Waals surface area contributed by atoms with Crippen LogP contribution >= 0.6 is 0 Å². The summed E-state index contributed by atoms with van der Waals surface area (Å²) >= 11 is 0. The first-order valence-electron chi connectivity index (χ1n) is 6.81. The molecule has 0 saturated carbocycles. The Kier molecular flexibility index (Phi) is 4.13. The van der Waals surface area contributed by atoms with Crippen LogP contribution in [-0.4, -0.2) is 25.8 Å². The van der Waals surface area contributed by atoms with Crippen LogP contribution in [0.2, 0.25) is 0 Å². The normalized spacial score (nSPS) is 12.1. The summed E-state index contributed by atoms with van der Waals surface area (Å²) in [5, 5.41) is 13.4. The predicted octanol–water partition coefficient (Wildman–Crippen LogP) is 2.85. The van der Waals surface area contributed by atoms with E-state index in [1.54, 1.807) is 23.7 Å². The van der Waals surface area contributed by atoms with Gasteiger partial charge in [0.15, 0.2) is 0 Å². The van der Waals surface area contributed by atoms with Gasteiger partial charge in [-0.1, -0.05) is 6.07 Å². The molecule has 114 valence electrons. The SMILES string of the molecule is [C-]#[N+]c1c(-c2ccc(C(C)C(=O)O)cn2)nn(C(C)C)c1N. The fourth-order valence-electron chi connectivity index (χ4n) is 2.06. The Labute approximate surface area is 128 Å². The lowest BCUT2D eigenvalue weighted by Gasteiger charge is -2.07. The average molecular weight is 299 g/mol. The van der Waals surface area contributed by atoms with E-state index in [1.807, 2.05) is 13.8 Å². The van der Waals surface area contributed by atoms with E-state index in [0.717, 1.165) is 0 Å². The van der Waals surface area contributed by atoms with Crippen LogP contribution in [0.5, 0.6) is 0 Å². The summed E-state index contributed by atoms with van der Waals surface area (Å²) in [7, 11) is 0. The fraction of sp³-hybridized carbons (Fsp3) is 0.333. The summed E-state index contributed by atoms with van der Waals surface area (Å²) in [5.74, 6) is -1.24. The number of carboxylic acids is 1. The van der Waals surface area contributed by atoms with Gasteiger partial charge in [0.1, 0.15) is 11.5 Å². The molecule has 2 heterocycles.